The number of carbonyl (C=O) groups is 1. The van der Waals surface area contributed by atoms with Crippen LogP contribution >= 0.6 is 11.8 Å². The standard InChI is InChI=1S/C19H20N4O4S2/c1-27-17-5-4-15(14-3-2-6-20-18(14)17)22-19(24)16-11-13(12-21-16)29(25,26)23-7-9-28-10-8-23/h2-6,11-12,21H,7-10H2,1H3,(H,22,24). The number of rotatable bonds is 5. The van der Waals surface area contributed by atoms with Crippen LogP contribution in [0.3, 0.4) is 0 Å². The Morgan fingerprint density at radius 2 is 2.07 bits per heavy atom. The van der Waals surface area contributed by atoms with Crippen LogP contribution in [0.2, 0.25) is 0 Å². The van der Waals surface area contributed by atoms with Gasteiger partial charge in [0.15, 0.2) is 0 Å². The van der Waals surface area contributed by atoms with Crippen LogP contribution in [-0.4, -0.2) is 60.3 Å². The summed E-state index contributed by atoms with van der Waals surface area (Å²) in [5.74, 6) is 1.72. The third kappa shape index (κ3) is 3.83. The maximum absolute atomic E-state index is 12.8. The van der Waals surface area contributed by atoms with E-state index in [1.165, 1.54) is 16.6 Å². The molecule has 2 aromatic heterocycles. The number of ether oxygens (including phenoxy) is 1. The summed E-state index contributed by atoms with van der Waals surface area (Å²) in [5.41, 5.74) is 1.36. The number of fused-ring (bicyclic) bond motifs is 1. The van der Waals surface area contributed by atoms with E-state index in [4.69, 9.17) is 4.74 Å². The van der Waals surface area contributed by atoms with Gasteiger partial charge in [0.25, 0.3) is 5.91 Å². The Bertz CT molecular complexity index is 1150. The van der Waals surface area contributed by atoms with E-state index >= 15 is 0 Å². The van der Waals surface area contributed by atoms with Crippen molar-refractivity contribution in [3.05, 3.63) is 48.4 Å². The van der Waals surface area contributed by atoms with E-state index < -0.39 is 15.9 Å². The molecule has 1 saturated heterocycles. The smallest absolute Gasteiger partial charge is 0.272 e. The first-order valence-electron chi connectivity index (χ1n) is 9.00. The molecule has 0 bridgehead atoms. The van der Waals surface area contributed by atoms with Crippen molar-refractivity contribution in [1.29, 1.82) is 0 Å². The number of anilines is 1. The first kappa shape index (κ1) is 19.7. The van der Waals surface area contributed by atoms with Crippen molar-refractivity contribution in [2.45, 2.75) is 4.90 Å². The topological polar surface area (TPSA) is 104 Å². The molecule has 1 aliphatic heterocycles. The minimum absolute atomic E-state index is 0.0933. The van der Waals surface area contributed by atoms with Gasteiger partial charge in [-0.2, -0.15) is 16.1 Å². The lowest BCUT2D eigenvalue weighted by Crippen LogP contribution is -2.37. The Morgan fingerprint density at radius 1 is 1.28 bits per heavy atom. The van der Waals surface area contributed by atoms with E-state index in [1.807, 2.05) is 6.07 Å². The monoisotopic (exact) mass is 432 g/mol. The predicted octanol–water partition coefficient (Wildman–Crippen LogP) is 2.56. The number of aromatic nitrogens is 2. The van der Waals surface area contributed by atoms with Crippen LogP contribution < -0.4 is 10.1 Å². The summed E-state index contributed by atoms with van der Waals surface area (Å²) in [6.07, 6.45) is 3.01. The molecule has 3 heterocycles. The number of pyridine rings is 1. The van der Waals surface area contributed by atoms with Crippen molar-refractivity contribution >= 4 is 44.3 Å². The number of thioether (sulfide) groups is 1. The third-order valence-corrected chi connectivity index (χ3v) is 7.53. The van der Waals surface area contributed by atoms with E-state index in [1.54, 1.807) is 43.3 Å². The number of methoxy groups -OCH3 is 1. The van der Waals surface area contributed by atoms with Crippen molar-refractivity contribution < 1.29 is 17.9 Å². The first-order valence-corrected chi connectivity index (χ1v) is 11.6. The number of H-pyrrole nitrogens is 1. The highest BCUT2D eigenvalue weighted by molar-refractivity contribution is 7.99. The Balaban J connectivity index is 1.58. The van der Waals surface area contributed by atoms with Crippen LogP contribution in [0.1, 0.15) is 10.5 Å². The molecule has 10 heteroatoms. The van der Waals surface area contributed by atoms with E-state index in [2.05, 4.69) is 15.3 Å². The zero-order valence-corrected chi connectivity index (χ0v) is 17.3. The van der Waals surface area contributed by atoms with Crippen LogP contribution in [0.4, 0.5) is 5.69 Å². The molecule has 2 N–H and O–H groups in total. The molecular formula is C19H20N4O4S2. The van der Waals surface area contributed by atoms with E-state index in [-0.39, 0.29) is 10.6 Å². The molecule has 0 unspecified atom stereocenters. The van der Waals surface area contributed by atoms with Crippen molar-refractivity contribution in [3.8, 4) is 5.75 Å². The molecule has 1 aromatic carbocycles. The Morgan fingerprint density at radius 3 is 2.83 bits per heavy atom. The number of hydrogen-bond donors (Lipinski definition) is 2. The highest BCUT2D eigenvalue weighted by atomic mass is 32.2. The number of aromatic amines is 1. The van der Waals surface area contributed by atoms with Crippen LogP contribution in [-0.2, 0) is 10.0 Å². The predicted molar refractivity (Wildman–Crippen MR) is 113 cm³/mol. The Labute approximate surface area is 172 Å². The molecular weight excluding hydrogens is 412 g/mol. The van der Waals surface area contributed by atoms with E-state index in [0.29, 0.717) is 30.0 Å². The molecule has 0 spiro atoms. The second-order valence-corrected chi connectivity index (χ2v) is 9.60. The molecule has 3 aromatic rings. The fourth-order valence-electron chi connectivity index (χ4n) is 3.20. The van der Waals surface area contributed by atoms with Gasteiger partial charge in [-0.05, 0) is 30.3 Å². The highest BCUT2D eigenvalue weighted by Crippen LogP contribution is 2.30. The lowest BCUT2D eigenvalue weighted by molar-refractivity contribution is 0.102. The molecule has 8 nitrogen and oxygen atoms in total. The largest absolute Gasteiger partial charge is 0.494 e. The lowest BCUT2D eigenvalue weighted by Gasteiger charge is -2.24. The van der Waals surface area contributed by atoms with Gasteiger partial charge in [0.1, 0.15) is 21.9 Å². The lowest BCUT2D eigenvalue weighted by atomic mass is 10.1. The summed E-state index contributed by atoms with van der Waals surface area (Å²) in [5, 5.41) is 3.55. The first-order chi connectivity index (χ1) is 14.0. The van der Waals surface area contributed by atoms with Gasteiger partial charge in [-0.25, -0.2) is 8.42 Å². The number of carbonyl (C=O) groups excluding carboxylic acids is 1. The molecule has 0 saturated carbocycles. The van der Waals surface area contributed by atoms with Crippen LogP contribution in [0.25, 0.3) is 10.9 Å². The number of hydrogen-bond acceptors (Lipinski definition) is 6. The zero-order valence-electron chi connectivity index (χ0n) is 15.7. The van der Waals surface area contributed by atoms with Crippen LogP contribution in [0, 0.1) is 0 Å². The van der Waals surface area contributed by atoms with Crippen molar-refractivity contribution in [2.24, 2.45) is 0 Å². The van der Waals surface area contributed by atoms with E-state index in [9.17, 15) is 13.2 Å². The minimum Gasteiger partial charge on any atom is -0.494 e. The van der Waals surface area contributed by atoms with Crippen molar-refractivity contribution in [1.82, 2.24) is 14.3 Å². The molecule has 1 amide bonds. The summed E-state index contributed by atoms with van der Waals surface area (Å²) >= 11 is 1.73. The molecule has 152 valence electrons. The number of sulfonamides is 1. The normalized spacial score (nSPS) is 15.3. The van der Waals surface area contributed by atoms with Gasteiger partial charge in [-0.3, -0.25) is 9.78 Å². The number of nitrogens with one attached hydrogen (secondary N) is 2. The summed E-state index contributed by atoms with van der Waals surface area (Å²) in [6, 6.07) is 8.43. The van der Waals surface area contributed by atoms with Gasteiger partial charge in [-0.15, -0.1) is 0 Å². The second-order valence-electron chi connectivity index (χ2n) is 6.43. The van der Waals surface area contributed by atoms with Gasteiger partial charge in [0.2, 0.25) is 10.0 Å². The van der Waals surface area contributed by atoms with Crippen molar-refractivity contribution in [3.63, 3.8) is 0 Å². The SMILES string of the molecule is COc1ccc(NC(=O)c2cc(S(=O)(=O)N3CCSCC3)c[nH]2)c2cccnc12. The third-order valence-electron chi connectivity index (χ3n) is 4.71. The summed E-state index contributed by atoms with van der Waals surface area (Å²) in [7, 11) is -2.05. The molecule has 1 aliphatic rings. The molecule has 4 rings (SSSR count). The summed E-state index contributed by atoms with van der Waals surface area (Å²) < 4.78 is 32.3. The van der Waals surface area contributed by atoms with E-state index in [0.717, 1.165) is 16.9 Å². The quantitative estimate of drug-likeness (QED) is 0.642. The van der Waals surface area contributed by atoms with Gasteiger partial charge in [-0.1, -0.05) is 0 Å². The summed E-state index contributed by atoms with van der Waals surface area (Å²) in [6.45, 7) is 0.953. The Kier molecular flexibility index (Phi) is 5.48. The molecule has 0 radical (unpaired) electrons. The average molecular weight is 433 g/mol. The van der Waals surface area contributed by atoms with Crippen LogP contribution in [0.15, 0.2) is 47.6 Å². The number of amides is 1. The molecule has 0 aliphatic carbocycles. The fourth-order valence-corrected chi connectivity index (χ4v) is 5.77. The van der Waals surface area contributed by atoms with Crippen LogP contribution in [0.5, 0.6) is 5.75 Å². The zero-order chi connectivity index (χ0) is 20.4. The minimum atomic E-state index is -3.61. The fraction of sp³-hybridized carbons (Fsp3) is 0.263. The van der Waals surface area contributed by atoms with Gasteiger partial charge < -0.3 is 15.0 Å². The molecule has 29 heavy (non-hydrogen) atoms. The molecule has 1 fully saturated rings. The maximum atomic E-state index is 12.8. The Hall–Kier alpha value is -2.56. The summed E-state index contributed by atoms with van der Waals surface area (Å²) in [4.78, 5) is 19.9. The maximum Gasteiger partial charge on any atom is 0.272 e. The van der Waals surface area contributed by atoms with Crippen molar-refractivity contribution in [2.75, 3.05) is 37.0 Å². The highest BCUT2D eigenvalue weighted by Gasteiger charge is 2.28. The number of nitrogens with zero attached hydrogens (tertiary/aromatic N) is 2. The molecule has 0 atom stereocenters. The number of benzene rings is 1. The van der Waals surface area contributed by atoms with Gasteiger partial charge in [0, 0.05) is 42.4 Å². The average Bonchev–Trinajstić information content (AvgIpc) is 3.26. The van der Waals surface area contributed by atoms with Gasteiger partial charge >= 0.3 is 0 Å². The second kappa shape index (κ2) is 8.05. The van der Waals surface area contributed by atoms with Gasteiger partial charge in [0.05, 0.1) is 12.8 Å².